The predicted octanol–water partition coefficient (Wildman–Crippen LogP) is 6.46. The van der Waals surface area contributed by atoms with Gasteiger partial charge >= 0.3 is 0 Å². The molecule has 0 bridgehead atoms. The Hall–Kier alpha value is -0.710. The van der Waals surface area contributed by atoms with Crippen molar-refractivity contribution in [3.05, 3.63) is 11.6 Å². The van der Waals surface area contributed by atoms with Crippen LogP contribution in [0.15, 0.2) is 11.6 Å². The lowest BCUT2D eigenvalue weighted by atomic mass is 9.33. The SMILES string of the molecule is CC(=O)[C@@]1(O)C[C@@H]2[C@@]3(C)CC[C@H](O)C(C)(C)C3CC[C@@]2(C)[C@@]2(C)CC[C@H]([C@@](C)(O)CCC=C(C)C)[C@H]21. The summed E-state index contributed by atoms with van der Waals surface area (Å²) in [4.78, 5) is 13.4. The van der Waals surface area contributed by atoms with Crippen molar-refractivity contribution in [2.75, 3.05) is 0 Å². The summed E-state index contributed by atoms with van der Waals surface area (Å²) in [7, 11) is 0. The summed E-state index contributed by atoms with van der Waals surface area (Å²) in [6, 6.07) is 0. The van der Waals surface area contributed by atoms with Gasteiger partial charge in [0.1, 0.15) is 5.60 Å². The average molecular weight is 503 g/mol. The van der Waals surface area contributed by atoms with E-state index in [0.29, 0.717) is 18.8 Å². The minimum Gasteiger partial charge on any atom is -0.393 e. The molecule has 36 heavy (non-hydrogen) atoms. The Bertz CT molecular complexity index is 915. The second-order valence-electron chi connectivity index (χ2n) is 15.3. The van der Waals surface area contributed by atoms with Crippen LogP contribution >= 0.6 is 0 Å². The van der Waals surface area contributed by atoms with Gasteiger partial charge in [-0.15, -0.1) is 0 Å². The van der Waals surface area contributed by atoms with Gasteiger partial charge in [0.05, 0.1) is 11.7 Å². The molecule has 0 aliphatic heterocycles. The molecule has 0 aromatic carbocycles. The molecule has 0 amide bonds. The van der Waals surface area contributed by atoms with Crippen molar-refractivity contribution in [3.8, 4) is 0 Å². The second kappa shape index (κ2) is 8.65. The standard InChI is InChI=1S/C32H54O4/c1-20(2)11-10-15-31(9,35)22-12-17-30(8)26(22)32(36,21(3)33)19-24-28(6)16-14-25(34)27(4,5)23(28)13-18-29(24,30)7/h11,22-26,34-36H,10,12-19H2,1-9H3/t22-,23?,24+,25-,26+,28-,29+,30-,31-,32-/m0/s1. The second-order valence-corrected chi connectivity index (χ2v) is 15.3. The van der Waals surface area contributed by atoms with Crippen LogP contribution in [0.3, 0.4) is 0 Å². The van der Waals surface area contributed by atoms with E-state index in [1.807, 2.05) is 6.92 Å². The third-order valence-electron chi connectivity index (χ3n) is 13.0. The lowest BCUT2D eigenvalue weighted by Gasteiger charge is -2.72. The molecule has 4 aliphatic carbocycles. The molecule has 4 saturated carbocycles. The fourth-order valence-electron chi connectivity index (χ4n) is 10.7. The van der Waals surface area contributed by atoms with Crippen LogP contribution in [0, 0.1) is 45.3 Å². The Morgan fingerprint density at radius 3 is 2.14 bits per heavy atom. The highest BCUT2D eigenvalue weighted by Gasteiger charge is 2.75. The van der Waals surface area contributed by atoms with Crippen LogP contribution < -0.4 is 0 Å². The van der Waals surface area contributed by atoms with Crippen LogP contribution in [0.5, 0.6) is 0 Å². The third-order valence-corrected chi connectivity index (χ3v) is 13.0. The zero-order valence-electron chi connectivity index (χ0n) is 24.6. The quantitative estimate of drug-likeness (QED) is 0.377. The maximum atomic E-state index is 13.4. The molecule has 0 radical (unpaired) electrons. The van der Waals surface area contributed by atoms with Gasteiger partial charge < -0.3 is 15.3 Å². The van der Waals surface area contributed by atoms with Crippen LogP contribution in [0.25, 0.3) is 0 Å². The van der Waals surface area contributed by atoms with Gasteiger partial charge in [0.15, 0.2) is 5.78 Å². The minimum atomic E-state index is -1.42. The number of hydrogen-bond donors (Lipinski definition) is 3. The molecular formula is C32H54O4. The molecule has 0 spiro atoms. The van der Waals surface area contributed by atoms with E-state index in [1.54, 1.807) is 6.92 Å². The Labute approximate surface area is 220 Å². The molecule has 4 heteroatoms. The van der Waals surface area contributed by atoms with E-state index >= 15 is 0 Å². The number of aliphatic hydroxyl groups is 3. The van der Waals surface area contributed by atoms with Crippen molar-refractivity contribution in [2.24, 2.45) is 45.3 Å². The van der Waals surface area contributed by atoms with Gasteiger partial charge in [-0.1, -0.05) is 46.3 Å². The molecule has 0 heterocycles. The monoisotopic (exact) mass is 502 g/mol. The first-order valence-corrected chi connectivity index (χ1v) is 14.6. The number of hydrogen-bond acceptors (Lipinski definition) is 4. The number of rotatable bonds is 5. The summed E-state index contributed by atoms with van der Waals surface area (Å²) in [5.74, 6) is 0.101. The maximum absolute atomic E-state index is 13.4. The number of allylic oxidation sites excluding steroid dienone is 2. The van der Waals surface area contributed by atoms with Gasteiger partial charge in [-0.25, -0.2) is 0 Å². The molecule has 0 aromatic rings. The Kier molecular flexibility index (Phi) is 6.80. The molecule has 0 aromatic heterocycles. The van der Waals surface area contributed by atoms with Crippen molar-refractivity contribution in [1.29, 1.82) is 0 Å². The summed E-state index contributed by atoms with van der Waals surface area (Å²) in [6.45, 7) is 19.3. The molecule has 10 atom stereocenters. The lowest BCUT2D eigenvalue weighted by molar-refractivity contribution is -0.266. The normalized spacial score (nSPS) is 49.3. The maximum Gasteiger partial charge on any atom is 0.161 e. The summed E-state index contributed by atoms with van der Waals surface area (Å²) in [5, 5.41) is 35.2. The minimum absolute atomic E-state index is 0.0201. The summed E-state index contributed by atoms with van der Waals surface area (Å²) < 4.78 is 0. The van der Waals surface area contributed by atoms with Crippen LogP contribution in [-0.4, -0.2) is 38.4 Å². The first-order valence-electron chi connectivity index (χ1n) is 14.6. The van der Waals surface area contributed by atoms with Crippen molar-refractivity contribution in [1.82, 2.24) is 0 Å². The van der Waals surface area contributed by atoms with E-state index in [2.05, 4.69) is 54.5 Å². The molecule has 4 aliphatic rings. The third kappa shape index (κ3) is 3.74. The van der Waals surface area contributed by atoms with Crippen LogP contribution in [0.4, 0.5) is 0 Å². The lowest BCUT2D eigenvalue weighted by Crippen LogP contribution is -2.71. The van der Waals surface area contributed by atoms with E-state index in [4.69, 9.17) is 0 Å². The molecule has 4 fully saturated rings. The number of fused-ring (bicyclic) bond motifs is 5. The van der Waals surface area contributed by atoms with E-state index in [1.165, 1.54) is 5.57 Å². The molecule has 1 unspecified atom stereocenters. The number of carbonyl (C=O) groups excluding carboxylic acids is 1. The van der Waals surface area contributed by atoms with Crippen molar-refractivity contribution in [2.45, 2.75) is 137 Å². The van der Waals surface area contributed by atoms with Crippen LogP contribution in [0.1, 0.15) is 120 Å². The highest BCUT2D eigenvalue weighted by molar-refractivity contribution is 5.85. The summed E-state index contributed by atoms with van der Waals surface area (Å²) in [5.41, 5.74) is -1.56. The molecular weight excluding hydrogens is 448 g/mol. The zero-order valence-corrected chi connectivity index (χ0v) is 24.6. The van der Waals surface area contributed by atoms with Crippen molar-refractivity contribution < 1.29 is 20.1 Å². The van der Waals surface area contributed by atoms with Crippen LogP contribution in [-0.2, 0) is 4.79 Å². The zero-order chi connectivity index (χ0) is 27.1. The van der Waals surface area contributed by atoms with Gasteiger partial charge in [0.25, 0.3) is 0 Å². The molecule has 206 valence electrons. The van der Waals surface area contributed by atoms with Crippen molar-refractivity contribution in [3.63, 3.8) is 0 Å². The van der Waals surface area contributed by atoms with Crippen LogP contribution in [0.2, 0.25) is 0 Å². The average Bonchev–Trinajstić information content (AvgIpc) is 3.14. The largest absolute Gasteiger partial charge is 0.393 e. The van der Waals surface area contributed by atoms with Crippen molar-refractivity contribution >= 4 is 5.78 Å². The smallest absolute Gasteiger partial charge is 0.161 e. The summed E-state index contributed by atoms with van der Waals surface area (Å²) >= 11 is 0. The fourth-order valence-corrected chi connectivity index (χ4v) is 10.7. The Morgan fingerprint density at radius 1 is 0.944 bits per heavy atom. The Balaban J connectivity index is 1.79. The van der Waals surface area contributed by atoms with E-state index in [0.717, 1.165) is 44.9 Å². The number of aliphatic hydroxyl groups excluding tert-OH is 1. The molecule has 3 N–H and O–H groups in total. The summed E-state index contributed by atoms with van der Waals surface area (Å²) in [6.07, 6.45) is 9.48. The molecule has 0 saturated heterocycles. The number of ketones is 1. The van der Waals surface area contributed by atoms with Gasteiger partial charge in [-0.05, 0) is 125 Å². The molecule has 4 nitrogen and oxygen atoms in total. The first kappa shape index (κ1) is 28.3. The fraction of sp³-hybridized carbons (Fsp3) is 0.906. The Morgan fingerprint density at radius 2 is 1.56 bits per heavy atom. The highest BCUT2D eigenvalue weighted by atomic mass is 16.3. The number of Topliss-reactive ketones (excluding diaryl/α,β-unsaturated/α-hetero) is 1. The van der Waals surface area contributed by atoms with Gasteiger partial charge in [-0.3, -0.25) is 4.79 Å². The first-order chi connectivity index (χ1) is 16.4. The highest BCUT2D eigenvalue weighted by Crippen LogP contribution is 2.77. The number of carbonyl (C=O) groups is 1. The van der Waals surface area contributed by atoms with E-state index in [-0.39, 0.29) is 51.3 Å². The predicted molar refractivity (Wildman–Crippen MR) is 145 cm³/mol. The van der Waals surface area contributed by atoms with E-state index < -0.39 is 11.2 Å². The molecule has 4 rings (SSSR count). The van der Waals surface area contributed by atoms with Gasteiger partial charge in [0, 0.05) is 5.92 Å². The van der Waals surface area contributed by atoms with Gasteiger partial charge in [-0.2, -0.15) is 0 Å². The van der Waals surface area contributed by atoms with E-state index in [9.17, 15) is 20.1 Å². The van der Waals surface area contributed by atoms with Gasteiger partial charge in [0.2, 0.25) is 0 Å². The topological polar surface area (TPSA) is 77.8 Å².